The second kappa shape index (κ2) is 6.32. The van der Waals surface area contributed by atoms with Crippen molar-refractivity contribution in [3.8, 4) is 17.2 Å². The first-order valence-corrected chi connectivity index (χ1v) is 7.95. The first kappa shape index (κ1) is 15.3. The molecule has 4 rings (SSSR count). The molecule has 6 heteroatoms. The van der Waals surface area contributed by atoms with Gasteiger partial charge in [0.25, 0.3) is 5.91 Å². The number of carbonyl (C=O) groups excluding carboxylic acids is 1. The lowest BCUT2D eigenvalue weighted by Crippen LogP contribution is -2.27. The van der Waals surface area contributed by atoms with E-state index in [1.807, 2.05) is 54.7 Å². The number of carbonyl (C=O) groups is 1. The van der Waals surface area contributed by atoms with Gasteiger partial charge in [0.1, 0.15) is 0 Å². The molecule has 1 amide bonds. The molecule has 0 spiro atoms. The monoisotopic (exact) mass is 335 g/mol. The molecule has 3 aromatic rings. The van der Waals surface area contributed by atoms with Crippen LogP contribution in [-0.2, 0) is 6.54 Å². The number of rotatable bonds is 4. The van der Waals surface area contributed by atoms with Crippen molar-refractivity contribution < 1.29 is 14.3 Å². The fourth-order valence-electron chi connectivity index (χ4n) is 2.86. The molecular formula is C19H17N3O3. The van der Waals surface area contributed by atoms with E-state index >= 15 is 0 Å². The average Bonchev–Trinajstić information content (AvgIpc) is 3.32. The standard InChI is InChI=1S/C19H17N3O3/c1-21(12-14-7-8-17-18(11-14)25-13-24-17)19(23)15-5-2-3-6-16(15)22-10-4-9-20-22/h2-11H,12-13H2,1H3. The van der Waals surface area contributed by atoms with Crippen LogP contribution < -0.4 is 9.47 Å². The molecule has 0 radical (unpaired) electrons. The van der Waals surface area contributed by atoms with Gasteiger partial charge in [0.2, 0.25) is 6.79 Å². The fraction of sp³-hybridized carbons (Fsp3) is 0.158. The van der Waals surface area contributed by atoms with E-state index in [2.05, 4.69) is 5.10 Å². The van der Waals surface area contributed by atoms with E-state index in [9.17, 15) is 4.79 Å². The molecule has 2 heterocycles. The minimum atomic E-state index is -0.0660. The van der Waals surface area contributed by atoms with Crippen LogP contribution in [0.1, 0.15) is 15.9 Å². The van der Waals surface area contributed by atoms with Gasteiger partial charge in [0.15, 0.2) is 11.5 Å². The summed E-state index contributed by atoms with van der Waals surface area (Å²) >= 11 is 0. The van der Waals surface area contributed by atoms with Crippen molar-refractivity contribution in [2.45, 2.75) is 6.54 Å². The molecule has 2 aromatic carbocycles. The maximum absolute atomic E-state index is 12.9. The summed E-state index contributed by atoms with van der Waals surface area (Å²) in [6.07, 6.45) is 3.52. The van der Waals surface area contributed by atoms with Crippen molar-refractivity contribution in [1.82, 2.24) is 14.7 Å². The number of para-hydroxylation sites is 1. The van der Waals surface area contributed by atoms with Gasteiger partial charge < -0.3 is 14.4 Å². The number of aromatic nitrogens is 2. The maximum Gasteiger partial charge on any atom is 0.256 e. The van der Waals surface area contributed by atoms with Crippen LogP contribution in [-0.4, -0.2) is 34.4 Å². The van der Waals surface area contributed by atoms with Crippen molar-refractivity contribution in [3.63, 3.8) is 0 Å². The lowest BCUT2D eigenvalue weighted by Gasteiger charge is -2.19. The third kappa shape index (κ3) is 2.94. The van der Waals surface area contributed by atoms with Crippen LogP contribution in [0.5, 0.6) is 11.5 Å². The van der Waals surface area contributed by atoms with Crippen LogP contribution in [0.2, 0.25) is 0 Å². The third-order valence-electron chi connectivity index (χ3n) is 4.09. The lowest BCUT2D eigenvalue weighted by molar-refractivity contribution is 0.0785. The molecule has 0 aliphatic carbocycles. The maximum atomic E-state index is 12.9. The van der Waals surface area contributed by atoms with Gasteiger partial charge in [-0.25, -0.2) is 4.68 Å². The Morgan fingerprint density at radius 2 is 2.00 bits per heavy atom. The van der Waals surface area contributed by atoms with Crippen LogP contribution in [0.4, 0.5) is 0 Å². The van der Waals surface area contributed by atoms with Gasteiger partial charge in [-0.15, -0.1) is 0 Å². The Kier molecular flexibility index (Phi) is 3.85. The summed E-state index contributed by atoms with van der Waals surface area (Å²) in [4.78, 5) is 14.6. The van der Waals surface area contributed by atoms with E-state index in [1.165, 1.54) is 0 Å². The zero-order valence-electron chi connectivity index (χ0n) is 13.8. The van der Waals surface area contributed by atoms with Crippen LogP contribution in [0.15, 0.2) is 60.9 Å². The van der Waals surface area contributed by atoms with Gasteiger partial charge in [-0.1, -0.05) is 18.2 Å². The summed E-state index contributed by atoms with van der Waals surface area (Å²) in [7, 11) is 1.78. The average molecular weight is 335 g/mol. The van der Waals surface area contributed by atoms with Crippen molar-refractivity contribution in [2.24, 2.45) is 0 Å². The largest absolute Gasteiger partial charge is 0.454 e. The Bertz CT molecular complexity index is 906. The Balaban J connectivity index is 1.57. The number of fused-ring (bicyclic) bond motifs is 1. The highest BCUT2D eigenvalue weighted by atomic mass is 16.7. The van der Waals surface area contributed by atoms with Crippen molar-refractivity contribution in [2.75, 3.05) is 13.8 Å². The molecule has 0 unspecified atom stereocenters. The predicted octanol–water partition coefficient (Wildman–Crippen LogP) is 2.87. The normalized spacial score (nSPS) is 12.2. The first-order valence-electron chi connectivity index (χ1n) is 7.95. The topological polar surface area (TPSA) is 56.6 Å². The van der Waals surface area contributed by atoms with E-state index in [0.29, 0.717) is 12.1 Å². The van der Waals surface area contributed by atoms with E-state index in [-0.39, 0.29) is 12.7 Å². The SMILES string of the molecule is CN(Cc1ccc2c(c1)OCO2)C(=O)c1ccccc1-n1cccn1. The molecule has 126 valence electrons. The summed E-state index contributed by atoms with van der Waals surface area (Å²) in [5, 5.41) is 4.23. The number of hydrogen-bond acceptors (Lipinski definition) is 4. The quantitative estimate of drug-likeness (QED) is 0.736. The summed E-state index contributed by atoms with van der Waals surface area (Å²) in [5.74, 6) is 1.39. The van der Waals surface area contributed by atoms with Gasteiger partial charge in [-0.2, -0.15) is 5.10 Å². The van der Waals surface area contributed by atoms with Crippen molar-refractivity contribution in [1.29, 1.82) is 0 Å². The van der Waals surface area contributed by atoms with Gasteiger partial charge in [-0.3, -0.25) is 4.79 Å². The van der Waals surface area contributed by atoms with E-state index < -0.39 is 0 Å². The van der Waals surface area contributed by atoms with Crippen LogP contribution >= 0.6 is 0 Å². The van der Waals surface area contributed by atoms with Gasteiger partial charge >= 0.3 is 0 Å². The number of amides is 1. The number of benzene rings is 2. The van der Waals surface area contributed by atoms with E-state index in [4.69, 9.17) is 9.47 Å². The Hall–Kier alpha value is -3.28. The minimum Gasteiger partial charge on any atom is -0.454 e. The number of ether oxygens (including phenoxy) is 2. The van der Waals surface area contributed by atoms with E-state index in [1.54, 1.807) is 22.8 Å². The molecule has 0 saturated carbocycles. The molecule has 6 nitrogen and oxygen atoms in total. The van der Waals surface area contributed by atoms with Crippen LogP contribution in [0.25, 0.3) is 5.69 Å². The highest BCUT2D eigenvalue weighted by Gasteiger charge is 2.19. The van der Waals surface area contributed by atoms with Crippen molar-refractivity contribution in [3.05, 3.63) is 72.1 Å². The van der Waals surface area contributed by atoms with E-state index in [0.717, 1.165) is 22.7 Å². The molecule has 0 atom stereocenters. The smallest absolute Gasteiger partial charge is 0.256 e. The minimum absolute atomic E-state index is 0.0660. The molecule has 1 aromatic heterocycles. The molecule has 1 aliphatic rings. The molecule has 0 saturated heterocycles. The predicted molar refractivity (Wildman–Crippen MR) is 91.9 cm³/mol. The first-order chi connectivity index (χ1) is 12.2. The number of hydrogen-bond donors (Lipinski definition) is 0. The molecule has 1 aliphatic heterocycles. The second-order valence-electron chi connectivity index (χ2n) is 5.82. The summed E-state index contributed by atoms with van der Waals surface area (Å²) in [6, 6.07) is 15.0. The summed E-state index contributed by atoms with van der Waals surface area (Å²) < 4.78 is 12.4. The molecular weight excluding hydrogens is 318 g/mol. The number of nitrogens with zero attached hydrogens (tertiary/aromatic N) is 3. The molecule has 0 fully saturated rings. The summed E-state index contributed by atoms with van der Waals surface area (Å²) in [6.45, 7) is 0.716. The lowest BCUT2D eigenvalue weighted by atomic mass is 10.1. The second-order valence-corrected chi connectivity index (χ2v) is 5.82. The molecule has 0 N–H and O–H groups in total. The highest BCUT2D eigenvalue weighted by Crippen LogP contribution is 2.32. The zero-order valence-corrected chi connectivity index (χ0v) is 13.8. The fourth-order valence-corrected chi connectivity index (χ4v) is 2.86. The molecule has 25 heavy (non-hydrogen) atoms. The Morgan fingerprint density at radius 3 is 2.84 bits per heavy atom. The third-order valence-corrected chi connectivity index (χ3v) is 4.09. The van der Waals surface area contributed by atoms with Crippen LogP contribution in [0, 0.1) is 0 Å². The van der Waals surface area contributed by atoms with Gasteiger partial charge in [0.05, 0.1) is 11.3 Å². The van der Waals surface area contributed by atoms with Crippen molar-refractivity contribution >= 4 is 5.91 Å². The van der Waals surface area contributed by atoms with Gasteiger partial charge in [-0.05, 0) is 35.9 Å². The molecule has 0 bridgehead atoms. The Morgan fingerprint density at radius 1 is 1.16 bits per heavy atom. The summed E-state index contributed by atoms with van der Waals surface area (Å²) in [5.41, 5.74) is 2.35. The van der Waals surface area contributed by atoms with Crippen LogP contribution in [0.3, 0.4) is 0 Å². The van der Waals surface area contributed by atoms with Gasteiger partial charge in [0, 0.05) is 26.0 Å². The Labute approximate surface area is 145 Å². The highest BCUT2D eigenvalue weighted by molar-refractivity contribution is 5.97. The zero-order chi connectivity index (χ0) is 17.2.